The van der Waals surface area contributed by atoms with E-state index in [2.05, 4.69) is 0 Å². The van der Waals surface area contributed by atoms with Crippen LogP contribution in [0.4, 0.5) is 0 Å². The van der Waals surface area contributed by atoms with Crippen LogP contribution in [0.15, 0.2) is 24.3 Å². The van der Waals surface area contributed by atoms with Gasteiger partial charge < -0.3 is 4.74 Å². The Morgan fingerprint density at radius 1 is 1.53 bits per heavy atom. The fourth-order valence-electron chi connectivity index (χ4n) is 1.55. The number of nitro groups is 1. The first-order valence-electron chi connectivity index (χ1n) is 4.93. The van der Waals surface area contributed by atoms with E-state index in [1.54, 1.807) is 7.11 Å². The maximum Gasteiger partial charge on any atom is 0.210 e. The highest BCUT2D eigenvalue weighted by Crippen LogP contribution is 2.23. The summed E-state index contributed by atoms with van der Waals surface area (Å²) in [5.41, 5.74) is 0.966. The molecule has 0 saturated heterocycles. The molecule has 1 aromatic rings. The Labute approximate surface area is 89.0 Å². The van der Waals surface area contributed by atoms with E-state index in [4.69, 9.17) is 4.74 Å². The molecule has 0 fully saturated rings. The Balaban J connectivity index is 2.85. The topological polar surface area (TPSA) is 52.4 Å². The molecule has 0 bridgehead atoms. The van der Waals surface area contributed by atoms with Gasteiger partial charge in [0, 0.05) is 10.8 Å². The molecule has 0 N–H and O–H groups in total. The van der Waals surface area contributed by atoms with Crippen molar-refractivity contribution >= 4 is 0 Å². The second kappa shape index (κ2) is 5.34. The number of nitrogens with zero attached hydrogens (tertiary/aromatic N) is 1. The maximum absolute atomic E-state index is 10.5. The molecule has 0 aliphatic heterocycles. The van der Waals surface area contributed by atoms with Crippen LogP contribution in [0.3, 0.4) is 0 Å². The van der Waals surface area contributed by atoms with E-state index >= 15 is 0 Å². The first-order chi connectivity index (χ1) is 7.17. The standard InChI is InChI=1S/C11H15NO3/c1-3-9(8-12(13)14)10-5-4-6-11(7-10)15-2/h4-7,9H,3,8H2,1-2H3/t9-/m0/s1. The zero-order valence-electron chi connectivity index (χ0n) is 8.97. The zero-order chi connectivity index (χ0) is 11.3. The third-order valence-electron chi connectivity index (χ3n) is 2.43. The third kappa shape index (κ3) is 3.23. The van der Waals surface area contributed by atoms with Gasteiger partial charge in [-0.15, -0.1) is 0 Å². The first-order valence-corrected chi connectivity index (χ1v) is 4.93. The predicted octanol–water partition coefficient (Wildman–Crippen LogP) is 2.47. The SMILES string of the molecule is CC[C@@H](C[N+](=O)[O-])c1cccc(OC)c1. The molecule has 0 spiro atoms. The van der Waals surface area contributed by atoms with Gasteiger partial charge in [-0.05, 0) is 24.1 Å². The molecule has 0 aliphatic rings. The highest BCUT2D eigenvalue weighted by molar-refractivity contribution is 5.30. The second-order valence-electron chi connectivity index (χ2n) is 3.40. The normalized spacial score (nSPS) is 12.1. The summed E-state index contributed by atoms with van der Waals surface area (Å²) < 4.78 is 5.08. The van der Waals surface area contributed by atoms with Gasteiger partial charge in [-0.2, -0.15) is 0 Å². The zero-order valence-corrected chi connectivity index (χ0v) is 8.97. The minimum absolute atomic E-state index is 0.0241. The number of hydrogen-bond donors (Lipinski definition) is 0. The molecule has 0 aliphatic carbocycles. The summed E-state index contributed by atoms with van der Waals surface area (Å²) in [5, 5.41) is 10.5. The number of benzene rings is 1. The van der Waals surface area contributed by atoms with Gasteiger partial charge in [-0.1, -0.05) is 19.1 Å². The summed E-state index contributed by atoms with van der Waals surface area (Å²) in [6.07, 6.45) is 0.758. The van der Waals surface area contributed by atoms with Crippen molar-refractivity contribution in [2.75, 3.05) is 13.7 Å². The van der Waals surface area contributed by atoms with Crippen LogP contribution in [-0.2, 0) is 0 Å². The van der Waals surface area contributed by atoms with Crippen molar-refractivity contribution in [2.45, 2.75) is 19.3 Å². The van der Waals surface area contributed by atoms with E-state index in [1.807, 2.05) is 31.2 Å². The number of rotatable bonds is 5. The molecule has 82 valence electrons. The fraction of sp³-hybridized carbons (Fsp3) is 0.455. The molecule has 1 atom stereocenters. The van der Waals surface area contributed by atoms with Crippen LogP contribution < -0.4 is 4.74 Å². The van der Waals surface area contributed by atoms with Crippen molar-refractivity contribution in [1.82, 2.24) is 0 Å². The van der Waals surface area contributed by atoms with Crippen LogP contribution in [0.5, 0.6) is 5.75 Å². The molecule has 1 aromatic carbocycles. The lowest BCUT2D eigenvalue weighted by atomic mass is 9.96. The van der Waals surface area contributed by atoms with Crippen molar-refractivity contribution in [2.24, 2.45) is 0 Å². The highest BCUT2D eigenvalue weighted by atomic mass is 16.6. The molecule has 4 heteroatoms. The van der Waals surface area contributed by atoms with Crippen LogP contribution in [0.1, 0.15) is 24.8 Å². The molecule has 4 nitrogen and oxygen atoms in total. The Bertz CT molecular complexity index is 338. The van der Waals surface area contributed by atoms with Crippen LogP contribution in [0.2, 0.25) is 0 Å². The Kier molecular flexibility index (Phi) is 4.09. The first kappa shape index (κ1) is 11.5. The molecule has 0 saturated carbocycles. The summed E-state index contributed by atoms with van der Waals surface area (Å²) in [7, 11) is 1.59. The Hall–Kier alpha value is -1.58. The van der Waals surface area contributed by atoms with Gasteiger partial charge in [-0.25, -0.2) is 0 Å². The van der Waals surface area contributed by atoms with Gasteiger partial charge in [0.2, 0.25) is 6.54 Å². The van der Waals surface area contributed by atoms with Crippen LogP contribution in [0.25, 0.3) is 0 Å². The van der Waals surface area contributed by atoms with Crippen LogP contribution in [0, 0.1) is 10.1 Å². The summed E-state index contributed by atoms with van der Waals surface area (Å²) in [4.78, 5) is 10.2. The summed E-state index contributed by atoms with van der Waals surface area (Å²) in [5.74, 6) is 0.712. The lowest BCUT2D eigenvalue weighted by molar-refractivity contribution is -0.483. The maximum atomic E-state index is 10.5. The molecule has 0 amide bonds. The average molecular weight is 209 g/mol. The van der Waals surface area contributed by atoms with E-state index in [-0.39, 0.29) is 17.4 Å². The van der Waals surface area contributed by atoms with Crippen molar-refractivity contribution in [3.63, 3.8) is 0 Å². The monoisotopic (exact) mass is 209 g/mol. The summed E-state index contributed by atoms with van der Waals surface area (Å²) >= 11 is 0. The minimum Gasteiger partial charge on any atom is -0.497 e. The molecular formula is C11H15NO3. The molecule has 15 heavy (non-hydrogen) atoms. The number of methoxy groups -OCH3 is 1. The molecule has 0 heterocycles. The molecule has 1 rings (SSSR count). The third-order valence-corrected chi connectivity index (χ3v) is 2.43. The molecule has 0 unspecified atom stereocenters. The quantitative estimate of drug-likeness (QED) is 0.553. The van der Waals surface area contributed by atoms with E-state index in [9.17, 15) is 10.1 Å². The molecule has 0 aromatic heterocycles. The van der Waals surface area contributed by atoms with Crippen molar-refractivity contribution in [1.29, 1.82) is 0 Å². The van der Waals surface area contributed by atoms with Gasteiger partial charge >= 0.3 is 0 Å². The lowest BCUT2D eigenvalue weighted by Gasteiger charge is -2.11. The van der Waals surface area contributed by atoms with Gasteiger partial charge in [0.15, 0.2) is 0 Å². The molecular weight excluding hydrogens is 194 g/mol. The van der Waals surface area contributed by atoms with Gasteiger partial charge in [0.25, 0.3) is 0 Å². The van der Waals surface area contributed by atoms with Gasteiger partial charge in [0.05, 0.1) is 7.11 Å². The van der Waals surface area contributed by atoms with E-state index in [0.29, 0.717) is 0 Å². The number of ether oxygens (including phenoxy) is 1. The largest absolute Gasteiger partial charge is 0.497 e. The van der Waals surface area contributed by atoms with E-state index in [0.717, 1.165) is 17.7 Å². The molecule has 0 radical (unpaired) electrons. The smallest absolute Gasteiger partial charge is 0.210 e. The van der Waals surface area contributed by atoms with E-state index in [1.165, 1.54) is 0 Å². The highest BCUT2D eigenvalue weighted by Gasteiger charge is 2.15. The van der Waals surface area contributed by atoms with E-state index < -0.39 is 0 Å². The Morgan fingerprint density at radius 2 is 2.27 bits per heavy atom. The van der Waals surface area contributed by atoms with Crippen LogP contribution in [-0.4, -0.2) is 18.6 Å². The minimum atomic E-state index is -0.270. The van der Waals surface area contributed by atoms with Gasteiger partial charge in [-0.3, -0.25) is 10.1 Å². The average Bonchev–Trinajstić information content (AvgIpc) is 2.25. The van der Waals surface area contributed by atoms with Crippen molar-refractivity contribution in [3.8, 4) is 5.75 Å². The fourth-order valence-corrected chi connectivity index (χ4v) is 1.55. The van der Waals surface area contributed by atoms with Gasteiger partial charge in [0.1, 0.15) is 5.75 Å². The number of hydrogen-bond acceptors (Lipinski definition) is 3. The summed E-state index contributed by atoms with van der Waals surface area (Å²) in [6, 6.07) is 7.46. The summed E-state index contributed by atoms with van der Waals surface area (Å²) in [6.45, 7) is 1.93. The Morgan fingerprint density at radius 3 is 2.80 bits per heavy atom. The van der Waals surface area contributed by atoms with Crippen LogP contribution >= 0.6 is 0 Å². The lowest BCUT2D eigenvalue weighted by Crippen LogP contribution is -2.11. The second-order valence-corrected chi connectivity index (χ2v) is 3.40. The van der Waals surface area contributed by atoms with Crippen molar-refractivity contribution < 1.29 is 9.66 Å². The predicted molar refractivity (Wildman–Crippen MR) is 57.9 cm³/mol. The van der Waals surface area contributed by atoms with Crippen molar-refractivity contribution in [3.05, 3.63) is 39.9 Å².